The van der Waals surface area contributed by atoms with Crippen molar-refractivity contribution in [3.63, 3.8) is 0 Å². The van der Waals surface area contributed by atoms with Gasteiger partial charge in [0.25, 0.3) is 0 Å². The number of aromatic nitrogens is 3. The van der Waals surface area contributed by atoms with Gasteiger partial charge in [-0.3, -0.25) is 9.48 Å². The van der Waals surface area contributed by atoms with Crippen molar-refractivity contribution in [1.82, 2.24) is 14.8 Å². The van der Waals surface area contributed by atoms with Crippen LogP contribution in [-0.2, 0) is 18.3 Å². The van der Waals surface area contributed by atoms with Gasteiger partial charge in [0.05, 0.1) is 0 Å². The quantitative estimate of drug-likeness (QED) is 0.684. The molecule has 1 heterocycles. The van der Waals surface area contributed by atoms with E-state index in [4.69, 9.17) is 0 Å². The minimum Gasteiger partial charge on any atom is -0.299 e. The molecule has 0 bridgehead atoms. The van der Waals surface area contributed by atoms with E-state index >= 15 is 0 Å². The average molecular weight is 179 g/mol. The normalized spacial score (nSPS) is 16.1. The summed E-state index contributed by atoms with van der Waals surface area (Å²) in [6.45, 7) is 0. The number of hydrogen-bond donors (Lipinski definition) is 0. The van der Waals surface area contributed by atoms with Gasteiger partial charge in [-0.1, -0.05) is 0 Å². The van der Waals surface area contributed by atoms with Crippen molar-refractivity contribution < 1.29 is 4.79 Å². The molecule has 1 aliphatic rings. The van der Waals surface area contributed by atoms with E-state index < -0.39 is 0 Å². The number of aryl methyl sites for hydroxylation is 2. The Balaban J connectivity index is 1.85. The number of carbonyl (C=O) groups is 1. The van der Waals surface area contributed by atoms with E-state index in [9.17, 15) is 4.79 Å². The largest absolute Gasteiger partial charge is 0.299 e. The van der Waals surface area contributed by atoms with Gasteiger partial charge in [-0.15, -0.1) is 0 Å². The number of carbonyl (C=O) groups excluding carboxylic acids is 1. The van der Waals surface area contributed by atoms with Crippen LogP contribution in [0.25, 0.3) is 0 Å². The van der Waals surface area contributed by atoms with Crippen molar-refractivity contribution in [2.45, 2.75) is 25.7 Å². The second kappa shape index (κ2) is 3.28. The lowest BCUT2D eigenvalue weighted by molar-refractivity contribution is -0.120. The molecule has 1 fully saturated rings. The number of hydrogen-bond acceptors (Lipinski definition) is 3. The first kappa shape index (κ1) is 8.41. The third kappa shape index (κ3) is 1.94. The molecule has 0 N–H and O–H groups in total. The zero-order valence-corrected chi connectivity index (χ0v) is 7.73. The minimum absolute atomic E-state index is 0.369. The van der Waals surface area contributed by atoms with Crippen molar-refractivity contribution in [1.29, 1.82) is 0 Å². The Labute approximate surface area is 77.0 Å². The molecule has 0 radical (unpaired) electrons. The minimum atomic E-state index is 0.369. The molecule has 1 aliphatic carbocycles. The SMILES string of the molecule is Cn1ncnc1CCC(=O)C1CC1. The predicted molar refractivity (Wildman–Crippen MR) is 47.1 cm³/mol. The summed E-state index contributed by atoms with van der Waals surface area (Å²) in [5.74, 6) is 1.66. The highest BCUT2D eigenvalue weighted by Crippen LogP contribution is 2.31. The molecule has 4 heteroatoms. The second-order valence-corrected chi connectivity index (χ2v) is 3.54. The predicted octanol–water partition coefficient (Wildman–Crippen LogP) is 0.727. The number of nitrogens with zero attached hydrogens (tertiary/aromatic N) is 3. The Morgan fingerprint density at radius 2 is 2.46 bits per heavy atom. The van der Waals surface area contributed by atoms with Crippen LogP contribution in [0.1, 0.15) is 25.1 Å². The Morgan fingerprint density at radius 3 is 3.00 bits per heavy atom. The van der Waals surface area contributed by atoms with E-state index in [2.05, 4.69) is 10.1 Å². The first-order valence-electron chi connectivity index (χ1n) is 4.63. The van der Waals surface area contributed by atoms with Crippen molar-refractivity contribution >= 4 is 5.78 Å². The van der Waals surface area contributed by atoms with Gasteiger partial charge >= 0.3 is 0 Å². The van der Waals surface area contributed by atoms with E-state index in [0.717, 1.165) is 25.1 Å². The van der Waals surface area contributed by atoms with Gasteiger partial charge in [-0.2, -0.15) is 5.10 Å². The summed E-state index contributed by atoms with van der Waals surface area (Å²) in [5.41, 5.74) is 0. The summed E-state index contributed by atoms with van der Waals surface area (Å²) < 4.78 is 1.72. The first-order valence-corrected chi connectivity index (χ1v) is 4.63. The molecule has 0 aliphatic heterocycles. The monoisotopic (exact) mass is 179 g/mol. The molecule has 0 spiro atoms. The van der Waals surface area contributed by atoms with E-state index in [1.165, 1.54) is 6.33 Å². The number of ketones is 1. The van der Waals surface area contributed by atoms with Crippen LogP contribution < -0.4 is 0 Å². The fraction of sp³-hybridized carbons (Fsp3) is 0.667. The molecular formula is C9H13N3O. The van der Waals surface area contributed by atoms with Crippen molar-refractivity contribution in [3.05, 3.63) is 12.2 Å². The average Bonchev–Trinajstić information content (AvgIpc) is 2.88. The molecule has 0 aromatic carbocycles. The molecule has 0 amide bonds. The van der Waals surface area contributed by atoms with Crippen LogP contribution in [0.5, 0.6) is 0 Å². The van der Waals surface area contributed by atoms with Crippen LogP contribution in [0, 0.1) is 5.92 Å². The fourth-order valence-electron chi connectivity index (χ4n) is 1.39. The Hall–Kier alpha value is -1.19. The molecule has 4 nitrogen and oxygen atoms in total. The lowest BCUT2D eigenvalue weighted by Gasteiger charge is -1.98. The van der Waals surface area contributed by atoms with Gasteiger partial charge in [0.1, 0.15) is 17.9 Å². The van der Waals surface area contributed by atoms with Crippen LogP contribution >= 0.6 is 0 Å². The summed E-state index contributed by atoms with van der Waals surface area (Å²) in [6, 6.07) is 0. The molecule has 70 valence electrons. The lowest BCUT2D eigenvalue weighted by atomic mass is 10.1. The maximum absolute atomic E-state index is 11.4. The topological polar surface area (TPSA) is 47.8 Å². The second-order valence-electron chi connectivity index (χ2n) is 3.54. The van der Waals surface area contributed by atoms with Crippen LogP contribution in [-0.4, -0.2) is 20.5 Å². The fourth-order valence-corrected chi connectivity index (χ4v) is 1.39. The van der Waals surface area contributed by atoms with E-state index in [1.54, 1.807) is 4.68 Å². The molecule has 1 saturated carbocycles. The highest BCUT2D eigenvalue weighted by molar-refractivity contribution is 5.83. The van der Waals surface area contributed by atoms with Crippen LogP contribution in [0.4, 0.5) is 0 Å². The Bertz CT molecular complexity index is 314. The third-order valence-corrected chi connectivity index (χ3v) is 2.43. The molecule has 1 aromatic heterocycles. The molecule has 13 heavy (non-hydrogen) atoms. The van der Waals surface area contributed by atoms with Crippen molar-refractivity contribution in [3.8, 4) is 0 Å². The van der Waals surface area contributed by atoms with Gasteiger partial charge < -0.3 is 0 Å². The molecule has 1 aromatic rings. The first-order chi connectivity index (χ1) is 6.27. The zero-order valence-electron chi connectivity index (χ0n) is 7.73. The van der Waals surface area contributed by atoms with Crippen molar-refractivity contribution in [2.75, 3.05) is 0 Å². The van der Waals surface area contributed by atoms with Crippen LogP contribution in [0.3, 0.4) is 0 Å². The number of rotatable bonds is 4. The number of Topliss-reactive ketones (excluding diaryl/α,β-unsaturated/α-hetero) is 1. The maximum Gasteiger partial charge on any atom is 0.138 e. The van der Waals surface area contributed by atoms with Crippen LogP contribution in [0.2, 0.25) is 0 Å². The molecule has 2 rings (SSSR count). The lowest BCUT2D eigenvalue weighted by Crippen LogP contribution is -2.06. The van der Waals surface area contributed by atoms with E-state index in [1.807, 2.05) is 7.05 Å². The maximum atomic E-state index is 11.4. The third-order valence-electron chi connectivity index (χ3n) is 2.43. The van der Waals surface area contributed by atoms with E-state index in [-0.39, 0.29) is 0 Å². The van der Waals surface area contributed by atoms with Gasteiger partial charge in [0, 0.05) is 25.8 Å². The van der Waals surface area contributed by atoms with Gasteiger partial charge in [0.2, 0.25) is 0 Å². The van der Waals surface area contributed by atoms with Crippen LogP contribution in [0.15, 0.2) is 6.33 Å². The smallest absolute Gasteiger partial charge is 0.138 e. The molecular weight excluding hydrogens is 166 g/mol. The Kier molecular flexibility index (Phi) is 2.12. The van der Waals surface area contributed by atoms with Gasteiger partial charge in [-0.25, -0.2) is 4.98 Å². The Morgan fingerprint density at radius 1 is 1.69 bits per heavy atom. The summed E-state index contributed by atoms with van der Waals surface area (Å²) in [4.78, 5) is 15.4. The van der Waals surface area contributed by atoms with E-state index in [0.29, 0.717) is 18.1 Å². The summed E-state index contributed by atoms with van der Waals surface area (Å²) in [6.07, 6.45) is 5.06. The molecule has 0 atom stereocenters. The highest BCUT2D eigenvalue weighted by Gasteiger charge is 2.28. The molecule has 0 saturated heterocycles. The standard InChI is InChI=1S/C9H13N3O/c1-12-9(10-6-11-12)5-4-8(13)7-2-3-7/h6-7H,2-5H2,1H3. The molecule has 0 unspecified atom stereocenters. The van der Waals surface area contributed by atoms with Crippen molar-refractivity contribution in [2.24, 2.45) is 13.0 Å². The summed E-state index contributed by atoms with van der Waals surface area (Å²) >= 11 is 0. The highest BCUT2D eigenvalue weighted by atomic mass is 16.1. The van der Waals surface area contributed by atoms with Gasteiger partial charge in [0.15, 0.2) is 0 Å². The summed E-state index contributed by atoms with van der Waals surface area (Å²) in [5, 5.41) is 3.95. The summed E-state index contributed by atoms with van der Waals surface area (Å²) in [7, 11) is 1.85. The zero-order chi connectivity index (χ0) is 9.26. The van der Waals surface area contributed by atoms with Gasteiger partial charge in [-0.05, 0) is 12.8 Å².